The van der Waals surface area contributed by atoms with E-state index in [4.69, 9.17) is 0 Å². The summed E-state index contributed by atoms with van der Waals surface area (Å²) in [5.74, 6) is 0. The second-order valence-electron chi connectivity index (χ2n) is 1.37. The van der Waals surface area contributed by atoms with E-state index in [1.165, 1.54) is 0 Å². The van der Waals surface area contributed by atoms with Crippen LogP contribution in [-0.2, 0) is 29.6 Å². The van der Waals surface area contributed by atoms with E-state index in [0.717, 1.165) is 0 Å². The molecule has 0 amide bonds. The zero-order chi connectivity index (χ0) is 9.23. The highest BCUT2D eigenvalue weighted by molar-refractivity contribution is 5.57. The van der Waals surface area contributed by atoms with E-state index in [1.807, 2.05) is 0 Å². The molecule has 0 saturated heterocycles. The minimum absolute atomic E-state index is 0.236. The monoisotopic (exact) mass is 182 g/mol. The van der Waals surface area contributed by atoms with Gasteiger partial charge in [-0.05, 0) is 23.9 Å². The van der Waals surface area contributed by atoms with E-state index >= 15 is 0 Å². The Balaban J connectivity index is 3.10. The molecule has 0 N–H and O–H groups in total. The Labute approximate surface area is 68.8 Å². The van der Waals surface area contributed by atoms with Crippen molar-refractivity contribution in [3.63, 3.8) is 0 Å². The number of carbonyl (C=O) groups is 1. The van der Waals surface area contributed by atoms with Gasteiger partial charge in [0.2, 0.25) is 0 Å². The first-order valence-electron chi connectivity index (χ1n) is 3.27. The molecule has 0 aliphatic heterocycles. The first-order valence-corrected chi connectivity index (χ1v) is 3.27. The highest BCUT2D eigenvalue weighted by Crippen LogP contribution is 1.89. The Hall–Kier alpha value is -0.890. The molecule has 0 aromatic heterocycles. The third-order valence-electron chi connectivity index (χ3n) is 0.536. The van der Waals surface area contributed by atoms with Crippen LogP contribution < -0.4 is 0 Å². The van der Waals surface area contributed by atoms with Gasteiger partial charge in [-0.15, -0.1) is 0 Å². The highest BCUT2D eigenvalue weighted by atomic mass is 17.6. The van der Waals surface area contributed by atoms with Crippen LogP contribution in [0.1, 0.15) is 13.8 Å². The van der Waals surface area contributed by atoms with Crippen molar-refractivity contribution in [2.45, 2.75) is 13.8 Å². The Morgan fingerprint density at radius 3 is 1.75 bits per heavy atom. The predicted octanol–water partition coefficient (Wildman–Crippen LogP) is 0.906. The molecule has 0 saturated carbocycles. The molecule has 0 radical (unpaired) electrons. The molecule has 7 nitrogen and oxygen atoms in total. The smallest absolute Gasteiger partial charge is 0.226 e. The van der Waals surface area contributed by atoms with Gasteiger partial charge >= 0.3 is 6.16 Å². The maximum atomic E-state index is 10.3. The molecule has 0 unspecified atom stereocenters. The molecule has 0 aliphatic rings. The van der Waals surface area contributed by atoms with Crippen molar-refractivity contribution in [2.75, 3.05) is 13.2 Å². The quantitative estimate of drug-likeness (QED) is 0.343. The van der Waals surface area contributed by atoms with E-state index < -0.39 is 6.16 Å². The van der Waals surface area contributed by atoms with E-state index in [9.17, 15) is 4.79 Å². The SMILES string of the molecule is CCOOOC(=O)OOOCC. The van der Waals surface area contributed by atoms with Crippen LogP contribution in [0.25, 0.3) is 0 Å². The molecule has 0 heterocycles. The molecule has 0 bridgehead atoms. The molecule has 0 aromatic rings. The van der Waals surface area contributed by atoms with Gasteiger partial charge in [-0.3, -0.25) is 0 Å². The van der Waals surface area contributed by atoms with Crippen LogP contribution >= 0.6 is 0 Å². The predicted molar refractivity (Wildman–Crippen MR) is 33.0 cm³/mol. The molecule has 7 heteroatoms. The molecule has 0 aliphatic carbocycles. The maximum absolute atomic E-state index is 10.3. The molecule has 0 spiro atoms. The summed E-state index contributed by atoms with van der Waals surface area (Å²) < 4.78 is 0. The van der Waals surface area contributed by atoms with Crippen LogP contribution in [0.2, 0.25) is 0 Å². The van der Waals surface area contributed by atoms with Crippen molar-refractivity contribution >= 4 is 6.16 Å². The highest BCUT2D eigenvalue weighted by Gasteiger charge is 2.06. The van der Waals surface area contributed by atoms with Crippen molar-refractivity contribution in [1.29, 1.82) is 0 Å². The van der Waals surface area contributed by atoms with Crippen molar-refractivity contribution in [3.05, 3.63) is 0 Å². The van der Waals surface area contributed by atoms with Crippen LogP contribution in [0.4, 0.5) is 4.79 Å². The second-order valence-corrected chi connectivity index (χ2v) is 1.37. The lowest BCUT2D eigenvalue weighted by molar-refractivity contribution is -0.526. The third kappa shape index (κ3) is 7.22. The first-order chi connectivity index (χ1) is 5.81. The molecule has 0 rings (SSSR count). The molecule has 0 aromatic carbocycles. The van der Waals surface area contributed by atoms with Crippen molar-refractivity contribution < 1.29 is 34.4 Å². The summed E-state index contributed by atoms with van der Waals surface area (Å²) in [7, 11) is 0. The van der Waals surface area contributed by atoms with Gasteiger partial charge in [-0.2, -0.15) is 14.6 Å². The molecule has 0 atom stereocenters. The Kier molecular flexibility index (Phi) is 7.60. The van der Waals surface area contributed by atoms with E-state index in [1.54, 1.807) is 13.8 Å². The van der Waals surface area contributed by atoms with Crippen molar-refractivity contribution in [1.82, 2.24) is 0 Å². The van der Waals surface area contributed by atoms with Gasteiger partial charge in [0, 0.05) is 0 Å². The van der Waals surface area contributed by atoms with Gasteiger partial charge in [-0.1, -0.05) is 0 Å². The fourth-order valence-corrected chi connectivity index (χ4v) is 0.214. The van der Waals surface area contributed by atoms with Crippen LogP contribution in [0.5, 0.6) is 0 Å². The maximum Gasteiger partial charge on any atom is 0.577 e. The van der Waals surface area contributed by atoms with Crippen LogP contribution in [0.3, 0.4) is 0 Å². The Morgan fingerprint density at radius 2 is 1.42 bits per heavy atom. The topological polar surface area (TPSA) is 72.5 Å². The number of hydrogen-bond donors (Lipinski definition) is 0. The summed E-state index contributed by atoms with van der Waals surface area (Å²) in [6, 6.07) is 0. The minimum atomic E-state index is -1.23. The summed E-state index contributed by atoms with van der Waals surface area (Å²) in [6.45, 7) is 3.76. The second kappa shape index (κ2) is 8.21. The fraction of sp³-hybridized carbons (Fsp3) is 0.800. The van der Waals surface area contributed by atoms with Gasteiger partial charge in [0.15, 0.2) is 0 Å². The zero-order valence-electron chi connectivity index (χ0n) is 6.77. The van der Waals surface area contributed by atoms with Gasteiger partial charge < -0.3 is 0 Å². The van der Waals surface area contributed by atoms with Crippen LogP contribution in [0.15, 0.2) is 0 Å². The number of hydrogen-bond acceptors (Lipinski definition) is 7. The van der Waals surface area contributed by atoms with E-state index in [0.29, 0.717) is 0 Å². The molecule has 72 valence electrons. The van der Waals surface area contributed by atoms with Gasteiger partial charge in [-0.25, -0.2) is 9.78 Å². The standard InChI is InChI=1S/C5H10O7/c1-3-7-11-9-5(6)10-12-8-4-2/h3-4H2,1-2H3. The van der Waals surface area contributed by atoms with Gasteiger partial charge in [0.25, 0.3) is 0 Å². The first kappa shape index (κ1) is 11.1. The summed E-state index contributed by atoms with van der Waals surface area (Å²) in [5.41, 5.74) is 0. The third-order valence-corrected chi connectivity index (χ3v) is 0.536. The van der Waals surface area contributed by atoms with E-state index in [-0.39, 0.29) is 13.2 Å². The zero-order valence-corrected chi connectivity index (χ0v) is 6.77. The minimum Gasteiger partial charge on any atom is -0.226 e. The lowest BCUT2D eigenvalue weighted by atomic mass is 10.9. The Morgan fingerprint density at radius 1 is 1.00 bits per heavy atom. The summed E-state index contributed by atoms with van der Waals surface area (Å²) in [4.78, 5) is 26.4. The van der Waals surface area contributed by atoms with Crippen LogP contribution in [-0.4, -0.2) is 19.4 Å². The Bertz CT molecular complexity index is 102. The number of rotatable bonds is 6. The van der Waals surface area contributed by atoms with Crippen molar-refractivity contribution in [3.8, 4) is 0 Å². The summed E-state index contributed by atoms with van der Waals surface area (Å²) in [5, 5.41) is 7.73. The molecule has 0 fully saturated rings. The van der Waals surface area contributed by atoms with E-state index in [2.05, 4.69) is 29.6 Å². The lowest BCUT2D eigenvalue weighted by Gasteiger charge is -1.99. The summed E-state index contributed by atoms with van der Waals surface area (Å²) in [6.07, 6.45) is -1.23. The average molecular weight is 182 g/mol. The van der Waals surface area contributed by atoms with Gasteiger partial charge in [0.1, 0.15) is 0 Å². The van der Waals surface area contributed by atoms with Crippen LogP contribution in [0, 0.1) is 0 Å². The number of carbonyl (C=O) groups excluding carboxylic acids is 1. The molecular formula is C5H10O7. The normalized spacial score (nSPS) is 9.50. The lowest BCUT2D eigenvalue weighted by Crippen LogP contribution is -2.09. The largest absolute Gasteiger partial charge is 0.577 e. The fourth-order valence-electron chi connectivity index (χ4n) is 0.214. The summed E-state index contributed by atoms with van der Waals surface area (Å²) >= 11 is 0. The average Bonchev–Trinajstić information content (AvgIpc) is 2.06. The van der Waals surface area contributed by atoms with Gasteiger partial charge in [0.05, 0.1) is 13.2 Å². The van der Waals surface area contributed by atoms with Crippen molar-refractivity contribution in [2.24, 2.45) is 0 Å². The molecular weight excluding hydrogens is 172 g/mol. The molecule has 12 heavy (non-hydrogen) atoms.